The number of nitrogens with one attached hydrogen (secondary N) is 2. The van der Waals surface area contributed by atoms with Crippen LogP contribution in [0.4, 0.5) is 10.7 Å². The molecule has 1 aliphatic rings. The number of anilines is 1. The van der Waals surface area contributed by atoms with Gasteiger partial charge in [-0.15, -0.1) is 0 Å². The number of aromatic nitrogens is 2. The first-order valence-corrected chi connectivity index (χ1v) is 7.22. The van der Waals surface area contributed by atoms with E-state index in [4.69, 9.17) is 0 Å². The maximum absolute atomic E-state index is 11.1. The molecule has 5 nitrogen and oxygen atoms in total. The molecule has 1 amide bonds. The van der Waals surface area contributed by atoms with Gasteiger partial charge in [-0.25, -0.2) is 9.78 Å². The molecule has 1 aromatic carbocycles. The Hall–Kier alpha value is -2.21. The Morgan fingerprint density at radius 1 is 1.37 bits per heavy atom. The fourth-order valence-electron chi connectivity index (χ4n) is 1.87. The standard InChI is InChI=1S/C13H13N3O2S/c1-18-13(17)16-12-14-10-5-4-9(8-11(10)15-12)19-6-2-3-7-19/h2-8,19H,1H3,(H2,14,15,16,17). The van der Waals surface area contributed by atoms with Crippen molar-refractivity contribution in [2.75, 3.05) is 12.4 Å². The number of aromatic amines is 1. The summed E-state index contributed by atoms with van der Waals surface area (Å²) in [5, 5.41) is 6.90. The molecular formula is C13H13N3O2S. The lowest BCUT2D eigenvalue weighted by molar-refractivity contribution is 0.186. The molecule has 1 aromatic heterocycles. The van der Waals surface area contributed by atoms with Crippen LogP contribution in [-0.4, -0.2) is 23.2 Å². The SMILES string of the molecule is COC(=O)Nc1nc2cc([SH]3C=CC=C3)ccc2[nH]1. The van der Waals surface area contributed by atoms with Gasteiger partial charge in [-0.3, -0.25) is 5.32 Å². The molecular weight excluding hydrogens is 262 g/mol. The highest BCUT2D eigenvalue weighted by Gasteiger charge is 2.09. The Labute approximate surface area is 112 Å². The second kappa shape index (κ2) is 4.81. The van der Waals surface area contributed by atoms with Gasteiger partial charge in [0.1, 0.15) is 0 Å². The van der Waals surface area contributed by atoms with E-state index in [1.54, 1.807) is 0 Å². The minimum atomic E-state index is -0.537. The average Bonchev–Trinajstić information content (AvgIpc) is 3.06. The van der Waals surface area contributed by atoms with Gasteiger partial charge >= 0.3 is 6.09 Å². The molecule has 3 rings (SSSR count). The number of rotatable bonds is 2. The lowest BCUT2D eigenvalue weighted by Crippen LogP contribution is -2.11. The van der Waals surface area contributed by atoms with E-state index in [0.29, 0.717) is 5.95 Å². The van der Waals surface area contributed by atoms with E-state index in [0.717, 1.165) is 11.0 Å². The van der Waals surface area contributed by atoms with Gasteiger partial charge in [-0.1, -0.05) is 12.2 Å². The van der Waals surface area contributed by atoms with Crippen LogP contribution in [0, 0.1) is 0 Å². The molecule has 0 bridgehead atoms. The predicted octanol–water partition coefficient (Wildman–Crippen LogP) is 3.14. The van der Waals surface area contributed by atoms with Crippen molar-refractivity contribution in [2.24, 2.45) is 0 Å². The third-order valence-electron chi connectivity index (χ3n) is 2.78. The normalized spacial score (nSPS) is 15.1. The number of benzene rings is 1. The highest BCUT2D eigenvalue weighted by Crippen LogP contribution is 2.42. The number of carbonyl (C=O) groups excluding carboxylic acids is 1. The van der Waals surface area contributed by atoms with Gasteiger partial charge in [0.05, 0.1) is 18.1 Å². The number of hydrogen-bond acceptors (Lipinski definition) is 3. The van der Waals surface area contributed by atoms with Gasteiger partial charge in [0.15, 0.2) is 0 Å². The molecule has 0 atom stereocenters. The summed E-state index contributed by atoms with van der Waals surface area (Å²) in [6.45, 7) is 0. The van der Waals surface area contributed by atoms with Gasteiger partial charge in [0, 0.05) is 0 Å². The van der Waals surface area contributed by atoms with Crippen molar-refractivity contribution < 1.29 is 9.53 Å². The van der Waals surface area contributed by atoms with Gasteiger partial charge in [0.25, 0.3) is 0 Å². The molecule has 0 radical (unpaired) electrons. The van der Waals surface area contributed by atoms with E-state index in [1.807, 2.05) is 12.1 Å². The third kappa shape index (κ3) is 2.34. The molecule has 6 heteroatoms. The van der Waals surface area contributed by atoms with Crippen LogP contribution in [0.25, 0.3) is 11.0 Å². The minimum Gasteiger partial charge on any atom is -0.453 e. The number of hydrogen-bond donors (Lipinski definition) is 3. The van der Waals surface area contributed by atoms with E-state index in [-0.39, 0.29) is 10.9 Å². The summed E-state index contributed by atoms with van der Waals surface area (Å²) < 4.78 is 4.53. The summed E-state index contributed by atoms with van der Waals surface area (Å²) in [5.74, 6) is 0.393. The summed E-state index contributed by atoms with van der Waals surface area (Å²) in [6, 6.07) is 6.09. The smallest absolute Gasteiger partial charge is 0.413 e. The number of allylic oxidation sites excluding steroid dienone is 2. The Bertz CT molecular complexity index is 678. The van der Waals surface area contributed by atoms with E-state index >= 15 is 0 Å². The summed E-state index contributed by atoms with van der Waals surface area (Å²) in [4.78, 5) is 19.7. The van der Waals surface area contributed by atoms with Gasteiger partial charge in [-0.2, -0.15) is 10.9 Å². The lowest BCUT2D eigenvalue weighted by Gasteiger charge is -2.09. The summed E-state index contributed by atoms with van der Waals surface area (Å²) in [6.07, 6.45) is 3.58. The highest BCUT2D eigenvalue weighted by molar-refractivity contribution is 8.22. The Balaban J connectivity index is 1.92. The summed E-state index contributed by atoms with van der Waals surface area (Å²) in [5.41, 5.74) is 1.72. The largest absolute Gasteiger partial charge is 0.453 e. The number of carbonyl (C=O) groups is 1. The number of methoxy groups -OCH3 is 1. The maximum Gasteiger partial charge on any atom is 0.413 e. The number of amides is 1. The van der Waals surface area contributed by atoms with Crippen LogP contribution in [0.5, 0.6) is 0 Å². The van der Waals surface area contributed by atoms with E-state index in [2.05, 4.69) is 49.1 Å². The Morgan fingerprint density at radius 2 is 2.16 bits per heavy atom. The van der Waals surface area contributed by atoms with Crippen LogP contribution in [-0.2, 0) is 4.74 Å². The van der Waals surface area contributed by atoms with Crippen molar-refractivity contribution in [3.05, 3.63) is 41.2 Å². The molecule has 19 heavy (non-hydrogen) atoms. The highest BCUT2D eigenvalue weighted by atomic mass is 32.2. The molecule has 0 fully saturated rings. The molecule has 0 saturated heterocycles. The second-order valence-corrected chi connectivity index (χ2v) is 5.92. The van der Waals surface area contributed by atoms with E-state index in [1.165, 1.54) is 12.0 Å². The molecule has 2 N–H and O–H groups in total. The van der Waals surface area contributed by atoms with Crippen LogP contribution in [0.1, 0.15) is 0 Å². The molecule has 0 aliphatic carbocycles. The number of fused-ring (bicyclic) bond motifs is 1. The number of nitrogens with zero attached hydrogens (tertiary/aromatic N) is 1. The van der Waals surface area contributed by atoms with Crippen molar-refractivity contribution in [3.8, 4) is 0 Å². The minimum absolute atomic E-state index is 0.351. The van der Waals surface area contributed by atoms with Crippen molar-refractivity contribution in [1.82, 2.24) is 9.97 Å². The fourth-order valence-corrected chi connectivity index (χ4v) is 3.40. The molecule has 98 valence electrons. The van der Waals surface area contributed by atoms with Gasteiger partial charge in [0.2, 0.25) is 5.95 Å². The monoisotopic (exact) mass is 275 g/mol. The maximum atomic E-state index is 11.1. The zero-order valence-corrected chi connectivity index (χ0v) is 11.1. The Kier molecular flexibility index (Phi) is 3.00. The molecule has 0 unspecified atom stereocenters. The van der Waals surface area contributed by atoms with Gasteiger partial charge < -0.3 is 9.72 Å². The van der Waals surface area contributed by atoms with Crippen LogP contribution in [0.2, 0.25) is 0 Å². The van der Waals surface area contributed by atoms with Crippen molar-refractivity contribution in [1.29, 1.82) is 0 Å². The first-order valence-electron chi connectivity index (χ1n) is 5.74. The third-order valence-corrected chi connectivity index (χ3v) is 4.64. The average molecular weight is 275 g/mol. The van der Waals surface area contributed by atoms with Crippen molar-refractivity contribution in [2.45, 2.75) is 4.90 Å². The molecule has 2 heterocycles. The fraction of sp³-hybridized carbons (Fsp3) is 0.0769. The zero-order chi connectivity index (χ0) is 13.2. The number of thiol groups is 1. The number of imidazole rings is 1. The van der Waals surface area contributed by atoms with Crippen LogP contribution in [0.3, 0.4) is 0 Å². The summed E-state index contributed by atoms with van der Waals surface area (Å²) in [7, 11) is 0.966. The topological polar surface area (TPSA) is 67.0 Å². The first kappa shape index (κ1) is 11.9. The summed E-state index contributed by atoms with van der Waals surface area (Å²) >= 11 is 0. The van der Waals surface area contributed by atoms with E-state index in [9.17, 15) is 4.79 Å². The molecule has 0 spiro atoms. The van der Waals surface area contributed by atoms with Crippen molar-refractivity contribution >= 4 is 34.0 Å². The van der Waals surface area contributed by atoms with E-state index < -0.39 is 6.09 Å². The van der Waals surface area contributed by atoms with Crippen LogP contribution >= 0.6 is 10.9 Å². The van der Waals surface area contributed by atoms with Gasteiger partial charge in [-0.05, 0) is 33.9 Å². The predicted molar refractivity (Wildman–Crippen MR) is 77.7 cm³/mol. The molecule has 0 saturated carbocycles. The van der Waals surface area contributed by atoms with Crippen LogP contribution in [0.15, 0.2) is 46.1 Å². The van der Waals surface area contributed by atoms with Crippen molar-refractivity contribution in [3.63, 3.8) is 0 Å². The molecule has 2 aromatic rings. The van der Waals surface area contributed by atoms with Crippen LogP contribution < -0.4 is 5.32 Å². The number of ether oxygens (including phenoxy) is 1. The zero-order valence-electron chi connectivity index (χ0n) is 10.3. The number of H-pyrrole nitrogens is 1. The quantitative estimate of drug-likeness (QED) is 0.738. The Morgan fingerprint density at radius 3 is 2.89 bits per heavy atom. The first-order chi connectivity index (χ1) is 9.26. The lowest BCUT2D eigenvalue weighted by atomic mass is 10.3. The molecule has 1 aliphatic heterocycles. The second-order valence-electron chi connectivity index (χ2n) is 3.99.